The van der Waals surface area contributed by atoms with Gasteiger partial charge < -0.3 is 4.74 Å². The zero-order valence-corrected chi connectivity index (χ0v) is 11.8. The van der Waals surface area contributed by atoms with Crippen LogP contribution in [0.4, 0.5) is 5.69 Å². The van der Waals surface area contributed by atoms with Gasteiger partial charge in [-0.3, -0.25) is 14.9 Å². The van der Waals surface area contributed by atoms with Crippen LogP contribution < -0.4 is 4.74 Å². The van der Waals surface area contributed by atoms with Gasteiger partial charge in [0.15, 0.2) is 18.1 Å². The minimum atomic E-state index is -0.531. The van der Waals surface area contributed by atoms with Crippen molar-refractivity contribution in [2.75, 3.05) is 6.61 Å². The lowest BCUT2D eigenvalue weighted by atomic mass is 10.0. The zero-order valence-electron chi connectivity index (χ0n) is 11.8. The topological polar surface area (TPSA) is 69.4 Å². The molecule has 0 aliphatic heterocycles. The van der Waals surface area contributed by atoms with Crippen LogP contribution >= 0.6 is 0 Å². The Bertz CT molecular complexity index is 694. The molecular formula is C16H15NO4. The Morgan fingerprint density at radius 3 is 2.57 bits per heavy atom. The van der Waals surface area contributed by atoms with Crippen molar-refractivity contribution in [3.05, 3.63) is 69.3 Å². The molecule has 2 aromatic carbocycles. The molecule has 0 saturated carbocycles. The Labute approximate surface area is 122 Å². The summed E-state index contributed by atoms with van der Waals surface area (Å²) in [5.41, 5.74) is 2.36. The molecule has 0 saturated heterocycles. The van der Waals surface area contributed by atoms with Crippen LogP contribution in [0.3, 0.4) is 0 Å². The van der Waals surface area contributed by atoms with E-state index in [1.165, 1.54) is 12.1 Å². The third-order valence-corrected chi connectivity index (χ3v) is 3.10. The molecule has 2 rings (SSSR count). The van der Waals surface area contributed by atoms with E-state index in [0.29, 0.717) is 5.56 Å². The summed E-state index contributed by atoms with van der Waals surface area (Å²) >= 11 is 0. The Kier molecular flexibility index (Phi) is 4.33. The summed E-state index contributed by atoms with van der Waals surface area (Å²) in [6.07, 6.45) is 0. The average molecular weight is 285 g/mol. The van der Waals surface area contributed by atoms with Crippen molar-refractivity contribution < 1.29 is 14.5 Å². The van der Waals surface area contributed by atoms with E-state index in [-0.39, 0.29) is 23.8 Å². The molecule has 0 N–H and O–H groups in total. The van der Waals surface area contributed by atoms with Crippen molar-refractivity contribution in [3.8, 4) is 5.75 Å². The van der Waals surface area contributed by atoms with Crippen LogP contribution in [0, 0.1) is 24.0 Å². The number of hydrogen-bond acceptors (Lipinski definition) is 4. The first kappa shape index (κ1) is 14.7. The van der Waals surface area contributed by atoms with Crippen molar-refractivity contribution in [2.45, 2.75) is 13.8 Å². The quantitative estimate of drug-likeness (QED) is 0.479. The first-order valence-corrected chi connectivity index (χ1v) is 6.45. The highest BCUT2D eigenvalue weighted by Crippen LogP contribution is 2.26. The van der Waals surface area contributed by atoms with Gasteiger partial charge in [-0.05, 0) is 25.5 Å². The molecule has 0 aromatic heterocycles. The number of Topliss-reactive ketones (excluding diaryl/α,β-unsaturated/α-hetero) is 1. The van der Waals surface area contributed by atoms with E-state index in [9.17, 15) is 14.9 Å². The molecule has 2 aromatic rings. The average Bonchev–Trinajstić information content (AvgIpc) is 2.45. The number of nitrogens with zero attached hydrogens (tertiary/aromatic N) is 1. The lowest BCUT2D eigenvalue weighted by molar-refractivity contribution is -0.385. The normalized spacial score (nSPS) is 10.2. The summed E-state index contributed by atoms with van der Waals surface area (Å²) in [6.45, 7) is 3.57. The van der Waals surface area contributed by atoms with Gasteiger partial charge in [0, 0.05) is 11.6 Å². The molecule has 0 unspecified atom stereocenters. The second kappa shape index (κ2) is 6.17. The number of carbonyl (C=O) groups is 1. The molecule has 0 spiro atoms. The molecule has 5 heteroatoms. The lowest BCUT2D eigenvalue weighted by Crippen LogP contribution is -2.13. The van der Waals surface area contributed by atoms with Crippen LogP contribution in [-0.2, 0) is 0 Å². The number of rotatable bonds is 5. The summed E-state index contributed by atoms with van der Waals surface area (Å²) < 4.78 is 5.31. The van der Waals surface area contributed by atoms with E-state index in [1.54, 1.807) is 18.2 Å². The summed E-state index contributed by atoms with van der Waals surface area (Å²) in [6, 6.07) is 11.5. The fourth-order valence-corrected chi connectivity index (χ4v) is 2.08. The molecule has 0 atom stereocenters. The van der Waals surface area contributed by atoms with Gasteiger partial charge in [0.25, 0.3) is 0 Å². The SMILES string of the molecule is Cc1ccc(C(=O)COc2ccccc2[N+](=O)[O-])c(C)c1. The van der Waals surface area contributed by atoms with Crippen LogP contribution in [0.1, 0.15) is 21.5 Å². The Hall–Kier alpha value is -2.69. The second-order valence-electron chi connectivity index (χ2n) is 4.76. The van der Waals surface area contributed by atoms with Crippen molar-refractivity contribution >= 4 is 11.5 Å². The first-order valence-electron chi connectivity index (χ1n) is 6.45. The van der Waals surface area contributed by atoms with Gasteiger partial charge in [-0.1, -0.05) is 35.9 Å². The molecular weight excluding hydrogens is 270 g/mol. The third-order valence-electron chi connectivity index (χ3n) is 3.10. The van der Waals surface area contributed by atoms with Crippen LogP contribution in [0.2, 0.25) is 0 Å². The van der Waals surface area contributed by atoms with E-state index in [4.69, 9.17) is 4.74 Å². The Morgan fingerprint density at radius 2 is 1.90 bits per heavy atom. The minimum Gasteiger partial charge on any atom is -0.478 e. The zero-order chi connectivity index (χ0) is 15.4. The predicted octanol–water partition coefficient (Wildman–Crippen LogP) is 3.47. The van der Waals surface area contributed by atoms with Crippen molar-refractivity contribution in [1.82, 2.24) is 0 Å². The molecule has 0 aliphatic carbocycles. The highest BCUT2D eigenvalue weighted by atomic mass is 16.6. The molecule has 0 heterocycles. The van der Waals surface area contributed by atoms with Gasteiger partial charge in [-0.25, -0.2) is 0 Å². The van der Waals surface area contributed by atoms with Gasteiger partial charge in [0.05, 0.1) is 4.92 Å². The standard InChI is InChI=1S/C16H15NO4/c1-11-7-8-13(12(2)9-11)15(18)10-21-16-6-4-3-5-14(16)17(19)20/h3-9H,10H2,1-2H3. The number of para-hydroxylation sites is 2. The third kappa shape index (κ3) is 3.45. The highest BCUT2D eigenvalue weighted by Gasteiger charge is 2.16. The maximum atomic E-state index is 12.1. The maximum absolute atomic E-state index is 12.1. The molecule has 0 bridgehead atoms. The van der Waals surface area contributed by atoms with Gasteiger partial charge in [0.2, 0.25) is 0 Å². The van der Waals surface area contributed by atoms with Crippen LogP contribution in [-0.4, -0.2) is 17.3 Å². The van der Waals surface area contributed by atoms with E-state index in [1.807, 2.05) is 26.0 Å². The van der Waals surface area contributed by atoms with Crippen LogP contribution in [0.25, 0.3) is 0 Å². The van der Waals surface area contributed by atoms with Crippen molar-refractivity contribution in [2.24, 2.45) is 0 Å². The molecule has 5 nitrogen and oxygen atoms in total. The number of hydrogen-bond donors (Lipinski definition) is 0. The molecule has 0 aliphatic rings. The molecule has 0 amide bonds. The van der Waals surface area contributed by atoms with Gasteiger partial charge in [-0.15, -0.1) is 0 Å². The smallest absolute Gasteiger partial charge is 0.310 e. The summed E-state index contributed by atoms with van der Waals surface area (Å²) in [5.74, 6) is -0.105. The fraction of sp³-hybridized carbons (Fsp3) is 0.188. The number of aryl methyl sites for hydroxylation is 2. The van der Waals surface area contributed by atoms with Crippen LogP contribution in [0.5, 0.6) is 5.75 Å². The monoisotopic (exact) mass is 285 g/mol. The number of ether oxygens (including phenoxy) is 1. The first-order chi connectivity index (χ1) is 9.99. The number of benzene rings is 2. The number of ketones is 1. The van der Waals surface area contributed by atoms with Gasteiger partial charge in [-0.2, -0.15) is 0 Å². The summed E-state index contributed by atoms with van der Waals surface area (Å²) in [4.78, 5) is 22.5. The van der Waals surface area contributed by atoms with E-state index in [2.05, 4.69) is 0 Å². The minimum absolute atomic E-state index is 0.0978. The molecule has 21 heavy (non-hydrogen) atoms. The lowest BCUT2D eigenvalue weighted by Gasteiger charge is -2.08. The highest BCUT2D eigenvalue weighted by molar-refractivity contribution is 5.98. The van der Waals surface area contributed by atoms with Crippen LogP contribution in [0.15, 0.2) is 42.5 Å². The predicted molar refractivity (Wildman–Crippen MR) is 78.8 cm³/mol. The largest absolute Gasteiger partial charge is 0.478 e. The fourth-order valence-electron chi connectivity index (χ4n) is 2.08. The van der Waals surface area contributed by atoms with Crippen molar-refractivity contribution in [1.29, 1.82) is 0 Å². The second-order valence-corrected chi connectivity index (χ2v) is 4.76. The van der Waals surface area contributed by atoms with Gasteiger partial charge in [0.1, 0.15) is 0 Å². The number of nitro benzene ring substituents is 1. The van der Waals surface area contributed by atoms with E-state index >= 15 is 0 Å². The summed E-state index contributed by atoms with van der Waals surface area (Å²) in [5, 5.41) is 10.9. The molecule has 108 valence electrons. The van der Waals surface area contributed by atoms with Gasteiger partial charge >= 0.3 is 5.69 Å². The maximum Gasteiger partial charge on any atom is 0.310 e. The Morgan fingerprint density at radius 1 is 1.19 bits per heavy atom. The summed E-state index contributed by atoms with van der Waals surface area (Å²) in [7, 11) is 0. The Balaban J connectivity index is 2.13. The van der Waals surface area contributed by atoms with E-state index < -0.39 is 4.92 Å². The van der Waals surface area contributed by atoms with E-state index in [0.717, 1.165) is 11.1 Å². The number of carbonyl (C=O) groups excluding carboxylic acids is 1. The van der Waals surface area contributed by atoms with Crippen molar-refractivity contribution in [3.63, 3.8) is 0 Å². The number of nitro groups is 1. The molecule has 0 fully saturated rings. The molecule has 0 radical (unpaired) electrons.